The van der Waals surface area contributed by atoms with Crippen molar-refractivity contribution in [1.82, 2.24) is 9.29 Å². The third-order valence-corrected chi connectivity index (χ3v) is 9.28. The number of hydrogen-bond donors (Lipinski definition) is 0. The number of anilines is 1. The number of ether oxygens (including phenoxy) is 1. The Morgan fingerprint density at radius 2 is 2.02 bits per heavy atom. The van der Waals surface area contributed by atoms with Crippen LogP contribution in [-0.4, -0.2) is 55.0 Å². The molecule has 1 amide bonds. The number of piperidine rings is 1. The van der Waals surface area contributed by atoms with Gasteiger partial charge in [0.2, 0.25) is 15.2 Å². The average Bonchev–Trinajstić information content (AvgIpc) is 3.60. The summed E-state index contributed by atoms with van der Waals surface area (Å²) in [6.07, 6.45) is 2.96. The van der Waals surface area contributed by atoms with Crippen molar-refractivity contribution in [1.29, 1.82) is 0 Å². The molecule has 4 aromatic rings. The van der Waals surface area contributed by atoms with Crippen LogP contribution in [0.3, 0.4) is 0 Å². The zero-order chi connectivity index (χ0) is 28.4. The average molecular weight is 584 g/mol. The van der Waals surface area contributed by atoms with E-state index >= 15 is 0 Å². The molecule has 1 atom stereocenters. The van der Waals surface area contributed by atoms with Crippen molar-refractivity contribution in [2.45, 2.75) is 24.7 Å². The first kappa shape index (κ1) is 27.4. The van der Waals surface area contributed by atoms with E-state index in [2.05, 4.69) is 10.1 Å². The SMILES string of the molecule is COc1ccc2nc(N(/N=C/c3ccc([N+](=O)[O-])o3)C(=O)c3ccc(S(=O)(=O)N4CCCC(C)C4)cc3)sc2c1. The van der Waals surface area contributed by atoms with E-state index < -0.39 is 26.7 Å². The third-order valence-electron chi connectivity index (χ3n) is 6.41. The highest BCUT2D eigenvalue weighted by molar-refractivity contribution is 7.89. The van der Waals surface area contributed by atoms with Crippen LogP contribution < -0.4 is 9.75 Å². The summed E-state index contributed by atoms with van der Waals surface area (Å²) in [4.78, 5) is 28.6. The number of fused-ring (bicyclic) bond motifs is 1. The van der Waals surface area contributed by atoms with Crippen molar-refractivity contribution in [2.75, 3.05) is 25.2 Å². The molecular weight excluding hydrogens is 558 g/mol. The van der Waals surface area contributed by atoms with E-state index in [-0.39, 0.29) is 27.3 Å². The monoisotopic (exact) mass is 583 g/mol. The lowest BCUT2D eigenvalue weighted by molar-refractivity contribution is -0.402. The number of carbonyl (C=O) groups is 1. The zero-order valence-corrected chi connectivity index (χ0v) is 23.2. The topological polar surface area (TPSA) is 148 Å². The number of carbonyl (C=O) groups excluding carboxylic acids is 1. The minimum Gasteiger partial charge on any atom is -0.497 e. The molecule has 14 heteroatoms. The Hall–Kier alpha value is -4.14. The number of hydrazone groups is 1. The summed E-state index contributed by atoms with van der Waals surface area (Å²) in [5.74, 6) is -0.0957. The molecule has 208 valence electrons. The molecule has 2 aromatic carbocycles. The van der Waals surface area contributed by atoms with Crippen molar-refractivity contribution in [3.8, 4) is 5.75 Å². The van der Waals surface area contributed by atoms with Gasteiger partial charge in [-0.05, 0) is 67.3 Å². The maximum absolute atomic E-state index is 13.6. The fraction of sp³-hybridized carbons (Fsp3) is 0.269. The molecule has 0 bridgehead atoms. The standard InChI is InChI=1S/C26H25N5O7S2/c1-17-4-3-13-29(16-17)40(35,36)21-9-5-18(6-10-21)25(32)30(27-15-20-8-12-24(38-20)31(33)34)26-28-22-11-7-19(37-2)14-23(22)39-26/h5-12,14-15,17H,3-4,13,16H2,1-2H3/b27-15+. The molecule has 0 radical (unpaired) electrons. The van der Waals surface area contributed by atoms with E-state index in [1.807, 2.05) is 6.92 Å². The van der Waals surface area contributed by atoms with Gasteiger partial charge in [0, 0.05) is 18.7 Å². The molecule has 0 aliphatic carbocycles. The van der Waals surface area contributed by atoms with Crippen LogP contribution in [0.5, 0.6) is 5.75 Å². The summed E-state index contributed by atoms with van der Waals surface area (Å²) in [5.41, 5.74) is 0.782. The van der Waals surface area contributed by atoms with Gasteiger partial charge in [-0.2, -0.15) is 14.4 Å². The quantitative estimate of drug-likeness (QED) is 0.161. The van der Waals surface area contributed by atoms with Crippen molar-refractivity contribution >= 4 is 54.7 Å². The van der Waals surface area contributed by atoms with Crippen LogP contribution in [0.15, 0.2) is 69.0 Å². The number of thiazole rings is 1. The number of nitrogens with zero attached hydrogens (tertiary/aromatic N) is 5. The molecule has 1 aliphatic rings. The number of nitro groups is 1. The number of furan rings is 1. The molecule has 5 rings (SSSR count). The van der Waals surface area contributed by atoms with Gasteiger partial charge in [-0.15, -0.1) is 0 Å². The molecule has 1 saturated heterocycles. The first-order chi connectivity index (χ1) is 19.2. The fourth-order valence-corrected chi connectivity index (χ4v) is 6.88. The zero-order valence-electron chi connectivity index (χ0n) is 21.6. The lowest BCUT2D eigenvalue weighted by Crippen LogP contribution is -2.39. The maximum atomic E-state index is 13.6. The van der Waals surface area contributed by atoms with Gasteiger partial charge in [0.1, 0.15) is 10.7 Å². The predicted molar refractivity (Wildman–Crippen MR) is 150 cm³/mol. The van der Waals surface area contributed by atoms with Crippen LogP contribution in [-0.2, 0) is 10.0 Å². The van der Waals surface area contributed by atoms with Crippen LogP contribution in [0, 0.1) is 16.0 Å². The molecule has 0 N–H and O–H groups in total. The molecule has 12 nitrogen and oxygen atoms in total. The van der Waals surface area contributed by atoms with Gasteiger partial charge < -0.3 is 9.15 Å². The van der Waals surface area contributed by atoms with Crippen LogP contribution in [0.2, 0.25) is 0 Å². The van der Waals surface area contributed by atoms with E-state index in [9.17, 15) is 23.3 Å². The van der Waals surface area contributed by atoms with Gasteiger partial charge in [-0.3, -0.25) is 14.9 Å². The Morgan fingerprint density at radius 3 is 2.70 bits per heavy atom. The second-order valence-electron chi connectivity index (χ2n) is 9.26. The predicted octanol–water partition coefficient (Wildman–Crippen LogP) is 4.91. The Bertz CT molecular complexity index is 1700. The number of benzene rings is 2. The molecule has 3 heterocycles. The number of hydrogen-bond acceptors (Lipinski definition) is 10. The molecule has 1 unspecified atom stereocenters. The molecule has 1 aliphatic heterocycles. The van der Waals surface area contributed by atoms with Gasteiger partial charge in [0.25, 0.3) is 5.91 Å². The molecular formula is C26H25N5O7S2. The van der Waals surface area contributed by atoms with E-state index in [1.54, 1.807) is 25.3 Å². The summed E-state index contributed by atoms with van der Waals surface area (Å²) in [6.45, 7) is 2.94. The highest BCUT2D eigenvalue weighted by Crippen LogP contribution is 2.33. The van der Waals surface area contributed by atoms with Gasteiger partial charge in [0.05, 0.1) is 34.5 Å². The van der Waals surface area contributed by atoms with Crippen molar-refractivity contribution in [2.24, 2.45) is 11.0 Å². The van der Waals surface area contributed by atoms with Crippen molar-refractivity contribution in [3.05, 3.63) is 76.0 Å². The number of methoxy groups -OCH3 is 1. The second-order valence-corrected chi connectivity index (χ2v) is 12.2. The van der Waals surface area contributed by atoms with Gasteiger partial charge in [-0.25, -0.2) is 13.4 Å². The largest absolute Gasteiger partial charge is 0.497 e. The highest BCUT2D eigenvalue weighted by Gasteiger charge is 2.29. The Kier molecular flexibility index (Phi) is 7.65. The summed E-state index contributed by atoms with van der Waals surface area (Å²) in [7, 11) is -2.15. The van der Waals surface area contributed by atoms with Crippen LogP contribution in [0.1, 0.15) is 35.9 Å². The van der Waals surface area contributed by atoms with Gasteiger partial charge in [0.15, 0.2) is 5.76 Å². The number of aromatic nitrogens is 1. The van der Waals surface area contributed by atoms with Crippen LogP contribution >= 0.6 is 11.3 Å². The molecule has 0 saturated carbocycles. The van der Waals surface area contributed by atoms with Crippen molar-refractivity contribution < 1.29 is 27.3 Å². The maximum Gasteiger partial charge on any atom is 0.433 e. The Balaban J connectivity index is 1.47. The van der Waals surface area contributed by atoms with Crippen LogP contribution in [0.4, 0.5) is 11.0 Å². The Labute approximate surface area is 233 Å². The minimum absolute atomic E-state index is 0.0597. The first-order valence-corrected chi connectivity index (χ1v) is 14.6. The molecule has 2 aromatic heterocycles. The summed E-state index contributed by atoms with van der Waals surface area (Å²) < 4.78 is 38.9. The van der Waals surface area contributed by atoms with Crippen molar-refractivity contribution in [3.63, 3.8) is 0 Å². The Morgan fingerprint density at radius 1 is 1.25 bits per heavy atom. The van der Waals surface area contributed by atoms with Crippen LogP contribution in [0.25, 0.3) is 10.2 Å². The minimum atomic E-state index is -3.70. The third kappa shape index (κ3) is 5.59. The molecule has 1 fully saturated rings. The van der Waals surface area contributed by atoms with Gasteiger partial charge >= 0.3 is 5.88 Å². The smallest absolute Gasteiger partial charge is 0.433 e. The van der Waals surface area contributed by atoms with E-state index in [1.165, 1.54) is 58.3 Å². The highest BCUT2D eigenvalue weighted by atomic mass is 32.2. The second kappa shape index (κ2) is 11.2. The number of rotatable bonds is 8. The molecule has 40 heavy (non-hydrogen) atoms. The molecule has 0 spiro atoms. The summed E-state index contributed by atoms with van der Waals surface area (Å²) in [5, 5.41) is 16.5. The fourth-order valence-electron chi connectivity index (χ4n) is 4.33. The number of sulfonamides is 1. The summed E-state index contributed by atoms with van der Waals surface area (Å²) in [6, 6.07) is 13.5. The normalized spacial score (nSPS) is 16.4. The first-order valence-electron chi connectivity index (χ1n) is 12.3. The lowest BCUT2D eigenvalue weighted by atomic mass is 10.0. The number of amides is 1. The van der Waals surface area contributed by atoms with E-state index in [0.717, 1.165) is 22.6 Å². The summed E-state index contributed by atoms with van der Waals surface area (Å²) >= 11 is 1.19. The van der Waals surface area contributed by atoms with E-state index in [4.69, 9.17) is 9.15 Å². The lowest BCUT2D eigenvalue weighted by Gasteiger charge is -2.30. The van der Waals surface area contributed by atoms with Gasteiger partial charge in [-0.1, -0.05) is 18.3 Å². The van der Waals surface area contributed by atoms with E-state index in [0.29, 0.717) is 24.4 Å².